The van der Waals surface area contributed by atoms with E-state index >= 15 is 0 Å². The summed E-state index contributed by atoms with van der Waals surface area (Å²) in [6, 6.07) is 0. The van der Waals surface area contributed by atoms with Crippen LogP contribution in [-0.2, 0) is 0 Å². The first-order valence-electron chi connectivity index (χ1n) is 7.19. The molecule has 0 bridgehead atoms. The molecule has 2 atom stereocenters. The number of nitrogens with one attached hydrogen (secondary N) is 1. The first kappa shape index (κ1) is 13.8. The maximum absolute atomic E-state index is 3.61. The summed E-state index contributed by atoms with van der Waals surface area (Å²) in [6.45, 7) is 9.33. The van der Waals surface area contributed by atoms with Gasteiger partial charge in [-0.1, -0.05) is 38.8 Å². The van der Waals surface area contributed by atoms with Gasteiger partial charge in [0.25, 0.3) is 0 Å². The summed E-state index contributed by atoms with van der Waals surface area (Å²) in [5.41, 5.74) is 1.74. The average Bonchev–Trinajstić information content (AvgIpc) is 2.35. The Morgan fingerprint density at radius 1 is 1.31 bits per heavy atom. The SMILES string of the molecule is CCCNCC(C1=CCCCC1)C(C)CC. The molecule has 0 aromatic heterocycles. The van der Waals surface area contributed by atoms with Crippen LogP contribution in [0.5, 0.6) is 0 Å². The Labute approximate surface area is 102 Å². The molecule has 0 spiro atoms. The fraction of sp³-hybridized carbons (Fsp3) is 0.867. The Balaban J connectivity index is 2.51. The smallest absolute Gasteiger partial charge is 0.00194 e. The molecule has 0 amide bonds. The predicted octanol–water partition coefficient (Wildman–Crippen LogP) is 4.15. The minimum atomic E-state index is 0.789. The highest BCUT2D eigenvalue weighted by molar-refractivity contribution is 5.11. The molecule has 1 rings (SSSR count). The minimum absolute atomic E-state index is 0.789. The molecule has 0 saturated heterocycles. The molecule has 94 valence electrons. The summed E-state index contributed by atoms with van der Waals surface area (Å²) in [5, 5.41) is 3.61. The van der Waals surface area contributed by atoms with Gasteiger partial charge in [-0.3, -0.25) is 0 Å². The van der Waals surface area contributed by atoms with Crippen molar-refractivity contribution in [3.8, 4) is 0 Å². The van der Waals surface area contributed by atoms with E-state index in [0.717, 1.165) is 11.8 Å². The lowest BCUT2D eigenvalue weighted by Gasteiger charge is -2.28. The lowest BCUT2D eigenvalue weighted by molar-refractivity contribution is 0.362. The van der Waals surface area contributed by atoms with Gasteiger partial charge in [-0.05, 0) is 50.5 Å². The van der Waals surface area contributed by atoms with Crippen LogP contribution in [-0.4, -0.2) is 13.1 Å². The quantitative estimate of drug-likeness (QED) is 0.505. The van der Waals surface area contributed by atoms with Crippen molar-refractivity contribution in [2.75, 3.05) is 13.1 Å². The molecule has 0 heterocycles. The molecule has 1 N–H and O–H groups in total. The number of allylic oxidation sites excluding steroid dienone is 1. The van der Waals surface area contributed by atoms with Gasteiger partial charge in [0, 0.05) is 6.54 Å². The minimum Gasteiger partial charge on any atom is -0.316 e. The van der Waals surface area contributed by atoms with Crippen molar-refractivity contribution >= 4 is 0 Å². The fourth-order valence-corrected chi connectivity index (χ4v) is 2.62. The van der Waals surface area contributed by atoms with Crippen LogP contribution < -0.4 is 5.32 Å². The third-order valence-electron chi connectivity index (χ3n) is 3.92. The summed E-state index contributed by atoms with van der Waals surface area (Å²) in [7, 11) is 0. The second-order valence-corrected chi connectivity index (χ2v) is 5.22. The summed E-state index contributed by atoms with van der Waals surface area (Å²) < 4.78 is 0. The summed E-state index contributed by atoms with van der Waals surface area (Å²) in [5.74, 6) is 1.62. The standard InChI is InChI=1S/C15H29N/c1-4-11-16-12-15(13(3)5-2)14-9-7-6-8-10-14/h9,13,15-16H,4-8,10-12H2,1-3H3. The predicted molar refractivity (Wildman–Crippen MR) is 72.7 cm³/mol. The highest BCUT2D eigenvalue weighted by Crippen LogP contribution is 2.30. The first-order chi connectivity index (χ1) is 7.79. The summed E-state index contributed by atoms with van der Waals surface area (Å²) >= 11 is 0. The summed E-state index contributed by atoms with van der Waals surface area (Å²) in [4.78, 5) is 0. The molecule has 1 heteroatoms. The van der Waals surface area contributed by atoms with Crippen molar-refractivity contribution in [2.24, 2.45) is 11.8 Å². The molecular weight excluding hydrogens is 194 g/mol. The van der Waals surface area contributed by atoms with Crippen molar-refractivity contribution in [3.63, 3.8) is 0 Å². The van der Waals surface area contributed by atoms with Gasteiger partial charge < -0.3 is 5.32 Å². The average molecular weight is 223 g/mol. The van der Waals surface area contributed by atoms with E-state index in [-0.39, 0.29) is 0 Å². The van der Waals surface area contributed by atoms with E-state index in [1.54, 1.807) is 5.57 Å². The van der Waals surface area contributed by atoms with Crippen LogP contribution in [0.2, 0.25) is 0 Å². The molecule has 0 saturated carbocycles. The zero-order valence-electron chi connectivity index (χ0n) is 11.4. The molecular formula is C15H29N. The molecule has 0 aromatic rings. The van der Waals surface area contributed by atoms with Gasteiger partial charge in [0.15, 0.2) is 0 Å². The largest absolute Gasteiger partial charge is 0.316 e. The van der Waals surface area contributed by atoms with Gasteiger partial charge in [-0.15, -0.1) is 0 Å². The van der Waals surface area contributed by atoms with Gasteiger partial charge >= 0.3 is 0 Å². The van der Waals surface area contributed by atoms with Gasteiger partial charge in [0.05, 0.1) is 0 Å². The van der Waals surface area contributed by atoms with Crippen LogP contribution in [0, 0.1) is 11.8 Å². The molecule has 0 fully saturated rings. The third kappa shape index (κ3) is 4.29. The molecule has 1 aliphatic rings. The number of hydrogen-bond donors (Lipinski definition) is 1. The van der Waals surface area contributed by atoms with Gasteiger partial charge in [-0.2, -0.15) is 0 Å². The van der Waals surface area contributed by atoms with Gasteiger partial charge in [0.2, 0.25) is 0 Å². The Morgan fingerprint density at radius 3 is 2.69 bits per heavy atom. The van der Waals surface area contributed by atoms with Crippen molar-refractivity contribution in [2.45, 2.75) is 59.3 Å². The van der Waals surface area contributed by atoms with E-state index in [9.17, 15) is 0 Å². The van der Waals surface area contributed by atoms with Crippen molar-refractivity contribution in [3.05, 3.63) is 11.6 Å². The van der Waals surface area contributed by atoms with Gasteiger partial charge in [0.1, 0.15) is 0 Å². The van der Waals surface area contributed by atoms with Crippen molar-refractivity contribution < 1.29 is 0 Å². The maximum Gasteiger partial charge on any atom is 0.00194 e. The first-order valence-corrected chi connectivity index (χ1v) is 7.19. The Hall–Kier alpha value is -0.300. The zero-order chi connectivity index (χ0) is 11.8. The van der Waals surface area contributed by atoms with Gasteiger partial charge in [-0.25, -0.2) is 0 Å². The van der Waals surface area contributed by atoms with Crippen LogP contribution >= 0.6 is 0 Å². The van der Waals surface area contributed by atoms with E-state index in [1.807, 2.05) is 0 Å². The monoisotopic (exact) mass is 223 g/mol. The second-order valence-electron chi connectivity index (χ2n) is 5.22. The molecule has 0 aliphatic heterocycles. The molecule has 2 unspecified atom stereocenters. The molecule has 1 nitrogen and oxygen atoms in total. The Kier molecular flexibility index (Phi) is 6.79. The van der Waals surface area contributed by atoms with Crippen LogP contribution in [0.15, 0.2) is 11.6 Å². The number of rotatable bonds is 7. The van der Waals surface area contributed by atoms with E-state index in [1.165, 1.54) is 51.6 Å². The van der Waals surface area contributed by atoms with Crippen LogP contribution in [0.1, 0.15) is 59.3 Å². The Morgan fingerprint density at radius 2 is 2.12 bits per heavy atom. The van der Waals surface area contributed by atoms with Crippen molar-refractivity contribution in [1.29, 1.82) is 0 Å². The topological polar surface area (TPSA) is 12.0 Å². The molecule has 0 aromatic carbocycles. The molecule has 0 radical (unpaired) electrons. The van der Waals surface area contributed by atoms with E-state index in [0.29, 0.717) is 0 Å². The zero-order valence-corrected chi connectivity index (χ0v) is 11.4. The Bertz CT molecular complexity index is 207. The maximum atomic E-state index is 3.61. The normalized spacial score (nSPS) is 20.3. The molecule has 16 heavy (non-hydrogen) atoms. The summed E-state index contributed by atoms with van der Waals surface area (Å²) in [6.07, 6.45) is 10.5. The van der Waals surface area contributed by atoms with E-state index in [2.05, 4.69) is 32.2 Å². The highest BCUT2D eigenvalue weighted by Gasteiger charge is 2.20. The van der Waals surface area contributed by atoms with Crippen LogP contribution in [0.25, 0.3) is 0 Å². The van der Waals surface area contributed by atoms with Crippen LogP contribution in [0.4, 0.5) is 0 Å². The molecule has 1 aliphatic carbocycles. The third-order valence-corrected chi connectivity index (χ3v) is 3.92. The highest BCUT2D eigenvalue weighted by atomic mass is 14.9. The van der Waals surface area contributed by atoms with Crippen LogP contribution in [0.3, 0.4) is 0 Å². The van der Waals surface area contributed by atoms with Crippen molar-refractivity contribution in [1.82, 2.24) is 5.32 Å². The van der Waals surface area contributed by atoms with E-state index in [4.69, 9.17) is 0 Å². The van der Waals surface area contributed by atoms with E-state index < -0.39 is 0 Å². The lowest BCUT2D eigenvalue weighted by atomic mass is 9.80. The lowest BCUT2D eigenvalue weighted by Crippen LogP contribution is -2.29. The number of hydrogen-bond acceptors (Lipinski definition) is 1. The second kappa shape index (κ2) is 7.89. The fourth-order valence-electron chi connectivity index (χ4n) is 2.62.